The first-order chi connectivity index (χ1) is 9.13. The second kappa shape index (κ2) is 6.48. The predicted molar refractivity (Wildman–Crippen MR) is 71.6 cm³/mol. The average molecular weight is 266 g/mol. The fourth-order valence-corrected chi connectivity index (χ4v) is 2.48. The quantitative estimate of drug-likeness (QED) is 0.863. The molecule has 1 saturated heterocycles. The number of hydrogen-bond donors (Lipinski definition) is 2. The highest BCUT2D eigenvalue weighted by Gasteiger charge is 2.41. The van der Waals surface area contributed by atoms with E-state index in [-0.39, 0.29) is 30.8 Å². The SMILES string of the molecule is C[C@@H]1C(CO)O[C@H](C)C(OCc2ccccc2)[C@H]1O. The van der Waals surface area contributed by atoms with Crippen molar-refractivity contribution in [2.45, 2.75) is 44.9 Å². The average Bonchev–Trinajstić information content (AvgIpc) is 2.44. The Morgan fingerprint density at radius 3 is 2.53 bits per heavy atom. The van der Waals surface area contributed by atoms with Crippen LogP contribution in [0.4, 0.5) is 0 Å². The van der Waals surface area contributed by atoms with Gasteiger partial charge in [0.15, 0.2) is 0 Å². The van der Waals surface area contributed by atoms with Crippen LogP contribution in [0.2, 0.25) is 0 Å². The van der Waals surface area contributed by atoms with Crippen LogP contribution in [0.15, 0.2) is 30.3 Å². The second-order valence-electron chi connectivity index (χ2n) is 5.17. The Kier molecular flexibility index (Phi) is 4.93. The van der Waals surface area contributed by atoms with Crippen molar-refractivity contribution in [1.29, 1.82) is 0 Å². The van der Waals surface area contributed by atoms with Gasteiger partial charge in [-0.15, -0.1) is 0 Å². The molecule has 19 heavy (non-hydrogen) atoms. The number of benzene rings is 1. The van der Waals surface area contributed by atoms with E-state index >= 15 is 0 Å². The minimum atomic E-state index is -0.621. The monoisotopic (exact) mass is 266 g/mol. The molecule has 0 radical (unpaired) electrons. The van der Waals surface area contributed by atoms with E-state index in [9.17, 15) is 10.2 Å². The molecule has 0 saturated carbocycles. The molecule has 4 nitrogen and oxygen atoms in total. The van der Waals surface area contributed by atoms with Crippen LogP contribution < -0.4 is 0 Å². The minimum Gasteiger partial charge on any atom is -0.394 e. The van der Waals surface area contributed by atoms with Crippen LogP contribution in [0.1, 0.15) is 19.4 Å². The van der Waals surface area contributed by atoms with Crippen LogP contribution in [-0.2, 0) is 16.1 Å². The Balaban J connectivity index is 1.96. The maximum Gasteiger partial charge on any atom is 0.110 e. The maximum atomic E-state index is 10.3. The highest BCUT2D eigenvalue weighted by molar-refractivity contribution is 5.13. The van der Waals surface area contributed by atoms with Crippen molar-refractivity contribution in [2.75, 3.05) is 6.61 Å². The first kappa shape index (κ1) is 14.5. The number of ether oxygens (including phenoxy) is 2. The molecule has 2 unspecified atom stereocenters. The molecule has 0 spiro atoms. The minimum absolute atomic E-state index is 0.0754. The van der Waals surface area contributed by atoms with Gasteiger partial charge < -0.3 is 19.7 Å². The third kappa shape index (κ3) is 3.34. The molecule has 1 aromatic rings. The Morgan fingerprint density at radius 2 is 1.89 bits per heavy atom. The molecule has 4 heteroatoms. The fourth-order valence-electron chi connectivity index (χ4n) is 2.48. The van der Waals surface area contributed by atoms with Crippen molar-refractivity contribution < 1.29 is 19.7 Å². The van der Waals surface area contributed by atoms with E-state index in [1.54, 1.807) is 0 Å². The van der Waals surface area contributed by atoms with Crippen LogP contribution in [0.5, 0.6) is 0 Å². The summed E-state index contributed by atoms with van der Waals surface area (Å²) >= 11 is 0. The smallest absolute Gasteiger partial charge is 0.110 e. The van der Waals surface area contributed by atoms with Gasteiger partial charge in [-0.1, -0.05) is 37.3 Å². The number of aliphatic hydroxyl groups excluding tert-OH is 2. The molecule has 0 aromatic heterocycles. The zero-order valence-electron chi connectivity index (χ0n) is 11.4. The van der Waals surface area contributed by atoms with Crippen molar-refractivity contribution in [1.82, 2.24) is 0 Å². The summed E-state index contributed by atoms with van der Waals surface area (Å²) in [5, 5.41) is 19.5. The lowest BCUT2D eigenvalue weighted by atomic mass is 9.88. The van der Waals surface area contributed by atoms with Gasteiger partial charge in [0.25, 0.3) is 0 Å². The van der Waals surface area contributed by atoms with E-state index in [4.69, 9.17) is 9.47 Å². The number of rotatable bonds is 4. The normalized spacial score (nSPS) is 35.3. The van der Waals surface area contributed by atoms with E-state index in [0.717, 1.165) is 5.56 Å². The molecule has 1 aliphatic heterocycles. The van der Waals surface area contributed by atoms with Crippen molar-refractivity contribution in [2.24, 2.45) is 5.92 Å². The van der Waals surface area contributed by atoms with Crippen LogP contribution in [-0.4, -0.2) is 41.2 Å². The standard InChI is InChI=1S/C15H22O4/c1-10-13(8-16)19-11(2)15(14(10)17)18-9-12-6-4-3-5-7-12/h3-7,10-11,13-17H,8-9H2,1-2H3/t10-,11-,13?,14+,15?/m1/s1. The largest absolute Gasteiger partial charge is 0.394 e. The molecule has 0 amide bonds. The fraction of sp³-hybridized carbons (Fsp3) is 0.600. The molecular formula is C15H22O4. The first-order valence-electron chi connectivity index (χ1n) is 6.73. The lowest BCUT2D eigenvalue weighted by Crippen LogP contribution is -2.54. The molecular weight excluding hydrogens is 244 g/mol. The Bertz CT molecular complexity index is 381. The van der Waals surface area contributed by atoms with Gasteiger partial charge in [-0.2, -0.15) is 0 Å². The maximum absolute atomic E-state index is 10.3. The van der Waals surface area contributed by atoms with Crippen molar-refractivity contribution in [3.05, 3.63) is 35.9 Å². The Morgan fingerprint density at radius 1 is 1.21 bits per heavy atom. The highest BCUT2D eigenvalue weighted by Crippen LogP contribution is 2.28. The van der Waals surface area contributed by atoms with Gasteiger partial charge >= 0.3 is 0 Å². The van der Waals surface area contributed by atoms with Gasteiger partial charge in [0, 0.05) is 5.92 Å². The first-order valence-corrected chi connectivity index (χ1v) is 6.73. The highest BCUT2D eigenvalue weighted by atomic mass is 16.6. The van der Waals surface area contributed by atoms with E-state index in [2.05, 4.69) is 0 Å². The molecule has 2 N–H and O–H groups in total. The summed E-state index contributed by atoms with van der Waals surface area (Å²) in [5.41, 5.74) is 1.07. The summed E-state index contributed by atoms with van der Waals surface area (Å²) in [6.45, 7) is 4.12. The van der Waals surface area contributed by atoms with Gasteiger partial charge in [-0.05, 0) is 12.5 Å². The number of aliphatic hydroxyl groups is 2. The van der Waals surface area contributed by atoms with Crippen molar-refractivity contribution in [3.8, 4) is 0 Å². The third-order valence-corrected chi connectivity index (χ3v) is 3.78. The molecule has 0 bridgehead atoms. The molecule has 1 aromatic carbocycles. The molecule has 1 heterocycles. The van der Waals surface area contributed by atoms with Crippen LogP contribution in [0.25, 0.3) is 0 Å². The zero-order chi connectivity index (χ0) is 13.8. The lowest BCUT2D eigenvalue weighted by Gasteiger charge is -2.41. The van der Waals surface area contributed by atoms with E-state index in [1.807, 2.05) is 44.2 Å². The van der Waals surface area contributed by atoms with E-state index in [0.29, 0.717) is 6.61 Å². The second-order valence-corrected chi connectivity index (χ2v) is 5.17. The van der Waals surface area contributed by atoms with Gasteiger partial charge in [-0.3, -0.25) is 0 Å². The molecule has 0 aliphatic carbocycles. The van der Waals surface area contributed by atoms with E-state index in [1.165, 1.54) is 0 Å². The van der Waals surface area contributed by atoms with Gasteiger partial charge in [-0.25, -0.2) is 0 Å². The van der Waals surface area contributed by atoms with Gasteiger partial charge in [0.2, 0.25) is 0 Å². The van der Waals surface area contributed by atoms with Crippen LogP contribution >= 0.6 is 0 Å². The molecule has 1 fully saturated rings. The lowest BCUT2D eigenvalue weighted by molar-refractivity contribution is -0.217. The number of hydrogen-bond acceptors (Lipinski definition) is 4. The summed E-state index contributed by atoms with van der Waals surface area (Å²) < 4.78 is 11.5. The van der Waals surface area contributed by atoms with E-state index < -0.39 is 6.10 Å². The van der Waals surface area contributed by atoms with Gasteiger partial charge in [0.05, 0.1) is 31.5 Å². The van der Waals surface area contributed by atoms with Crippen molar-refractivity contribution in [3.63, 3.8) is 0 Å². The van der Waals surface area contributed by atoms with Gasteiger partial charge in [0.1, 0.15) is 6.10 Å². The topological polar surface area (TPSA) is 58.9 Å². The summed E-state index contributed by atoms with van der Waals surface area (Å²) in [4.78, 5) is 0. The zero-order valence-corrected chi connectivity index (χ0v) is 11.4. The molecule has 106 valence electrons. The Labute approximate surface area is 114 Å². The Hall–Kier alpha value is -0.940. The summed E-state index contributed by atoms with van der Waals surface area (Å²) in [6, 6.07) is 9.85. The molecule has 1 aliphatic rings. The molecule has 5 atom stereocenters. The summed E-state index contributed by atoms with van der Waals surface area (Å²) in [6.07, 6.45) is -1.53. The third-order valence-electron chi connectivity index (χ3n) is 3.78. The summed E-state index contributed by atoms with van der Waals surface area (Å²) in [5.74, 6) is -0.137. The van der Waals surface area contributed by atoms with Crippen LogP contribution in [0.3, 0.4) is 0 Å². The summed E-state index contributed by atoms with van der Waals surface area (Å²) in [7, 11) is 0. The predicted octanol–water partition coefficient (Wildman–Crippen LogP) is 1.35. The van der Waals surface area contributed by atoms with Crippen LogP contribution in [0, 0.1) is 5.92 Å². The molecule has 2 rings (SSSR count). The van der Waals surface area contributed by atoms with Crippen molar-refractivity contribution >= 4 is 0 Å².